The summed E-state index contributed by atoms with van der Waals surface area (Å²) in [5.41, 5.74) is 7.73. The summed E-state index contributed by atoms with van der Waals surface area (Å²) in [7, 11) is 1.72. The number of methoxy groups -OCH3 is 1. The molecule has 2 aliphatic carbocycles. The molecule has 1 aromatic rings. The summed E-state index contributed by atoms with van der Waals surface area (Å²) in [6, 6.07) is 8.66. The Kier molecular flexibility index (Phi) is 3.29. The van der Waals surface area contributed by atoms with Crippen molar-refractivity contribution in [2.45, 2.75) is 38.1 Å². The first kappa shape index (κ1) is 12.0. The van der Waals surface area contributed by atoms with Gasteiger partial charge in [-0.1, -0.05) is 25.0 Å². The van der Waals surface area contributed by atoms with Crippen LogP contribution in [0.3, 0.4) is 0 Å². The van der Waals surface area contributed by atoms with E-state index < -0.39 is 0 Å². The van der Waals surface area contributed by atoms with Crippen LogP contribution in [0.1, 0.15) is 31.2 Å². The van der Waals surface area contributed by atoms with E-state index in [9.17, 15) is 0 Å². The first-order valence-corrected chi connectivity index (χ1v) is 7.18. The molecule has 2 nitrogen and oxygen atoms in total. The van der Waals surface area contributed by atoms with Crippen molar-refractivity contribution in [3.63, 3.8) is 0 Å². The molecule has 3 rings (SSSR count). The van der Waals surface area contributed by atoms with Crippen molar-refractivity contribution in [1.82, 2.24) is 0 Å². The second-order valence-electron chi connectivity index (χ2n) is 5.91. The molecule has 2 saturated carbocycles. The summed E-state index contributed by atoms with van der Waals surface area (Å²) < 4.78 is 5.27. The van der Waals surface area contributed by atoms with Crippen LogP contribution in [0.4, 0.5) is 0 Å². The molecule has 1 aromatic carbocycles. The minimum Gasteiger partial charge on any atom is -0.497 e. The van der Waals surface area contributed by atoms with Gasteiger partial charge in [0.1, 0.15) is 5.75 Å². The van der Waals surface area contributed by atoms with Crippen molar-refractivity contribution in [3.8, 4) is 5.75 Å². The zero-order chi connectivity index (χ0) is 12.5. The molecule has 3 atom stereocenters. The van der Waals surface area contributed by atoms with Gasteiger partial charge in [0.15, 0.2) is 0 Å². The molecule has 0 aliphatic heterocycles. The lowest BCUT2D eigenvalue weighted by Gasteiger charge is -2.12. The molecule has 0 radical (unpaired) electrons. The Bertz CT molecular complexity index is 405. The number of fused-ring (bicyclic) bond motifs is 1. The van der Waals surface area contributed by atoms with Gasteiger partial charge in [0.05, 0.1) is 7.11 Å². The Morgan fingerprint density at radius 2 is 2.00 bits per heavy atom. The van der Waals surface area contributed by atoms with Gasteiger partial charge in [0, 0.05) is 6.04 Å². The average Bonchev–Trinajstić information content (AvgIpc) is 3.13. The molecule has 3 unspecified atom stereocenters. The summed E-state index contributed by atoms with van der Waals surface area (Å²) in [6.45, 7) is 0. The lowest BCUT2D eigenvalue weighted by atomic mass is 10.0. The van der Waals surface area contributed by atoms with Crippen LogP contribution in [0.15, 0.2) is 24.3 Å². The summed E-state index contributed by atoms with van der Waals surface area (Å²) in [5, 5.41) is 0. The van der Waals surface area contributed by atoms with E-state index in [1.54, 1.807) is 7.11 Å². The molecule has 0 bridgehead atoms. The Labute approximate surface area is 110 Å². The largest absolute Gasteiger partial charge is 0.497 e. The highest BCUT2D eigenvalue weighted by atomic mass is 16.5. The summed E-state index contributed by atoms with van der Waals surface area (Å²) >= 11 is 0. The Morgan fingerprint density at radius 3 is 2.67 bits per heavy atom. The fourth-order valence-electron chi connectivity index (χ4n) is 3.89. The number of nitrogens with two attached hydrogens (primary N) is 1. The topological polar surface area (TPSA) is 35.2 Å². The molecule has 18 heavy (non-hydrogen) atoms. The van der Waals surface area contributed by atoms with Crippen molar-refractivity contribution in [1.29, 1.82) is 0 Å². The normalized spacial score (nSPS) is 31.6. The number of benzene rings is 1. The average molecular weight is 245 g/mol. The quantitative estimate of drug-likeness (QED) is 0.885. The van der Waals surface area contributed by atoms with Gasteiger partial charge in [0.25, 0.3) is 0 Å². The molecule has 0 heterocycles. The van der Waals surface area contributed by atoms with E-state index in [0.717, 1.165) is 29.9 Å². The second kappa shape index (κ2) is 4.93. The maximum Gasteiger partial charge on any atom is 0.119 e. The predicted molar refractivity (Wildman–Crippen MR) is 73.6 cm³/mol. The van der Waals surface area contributed by atoms with Crippen LogP contribution in [0.5, 0.6) is 5.75 Å². The SMILES string of the molecule is COc1cccc(CC(N)C2C3CCCCC32)c1. The third kappa shape index (κ3) is 2.26. The highest BCUT2D eigenvalue weighted by Gasteiger charge is 2.52. The Balaban J connectivity index is 1.62. The summed E-state index contributed by atoms with van der Waals surface area (Å²) in [5.74, 6) is 3.62. The van der Waals surface area contributed by atoms with Gasteiger partial charge in [0.2, 0.25) is 0 Å². The molecule has 98 valence electrons. The third-order valence-electron chi connectivity index (χ3n) is 4.82. The van der Waals surface area contributed by atoms with Gasteiger partial charge in [-0.15, -0.1) is 0 Å². The van der Waals surface area contributed by atoms with Crippen molar-refractivity contribution in [2.24, 2.45) is 23.5 Å². The maximum atomic E-state index is 6.42. The second-order valence-corrected chi connectivity index (χ2v) is 5.91. The molecule has 0 amide bonds. The van der Waals surface area contributed by atoms with E-state index in [2.05, 4.69) is 18.2 Å². The Morgan fingerprint density at radius 1 is 1.28 bits per heavy atom. The molecule has 0 saturated heterocycles. The zero-order valence-electron chi connectivity index (χ0n) is 11.1. The first-order chi connectivity index (χ1) is 8.79. The van der Waals surface area contributed by atoms with Crippen LogP contribution in [-0.4, -0.2) is 13.2 Å². The van der Waals surface area contributed by atoms with E-state index in [4.69, 9.17) is 10.5 Å². The third-order valence-corrected chi connectivity index (χ3v) is 4.82. The lowest BCUT2D eigenvalue weighted by Crippen LogP contribution is -2.26. The van der Waals surface area contributed by atoms with E-state index in [0.29, 0.717) is 6.04 Å². The van der Waals surface area contributed by atoms with Crippen LogP contribution in [0.2, 0.25) is 0 Å². The van der Waals surface area contributed by atoms with Crippen molar-refractivity contribution in [3.05, 3.63) is 29.8 Å². The number of ether oxygens (including phenoxy) is 1. The van der Waals surface area contributed by atoms with Gasteiger partial charge < -0.3 is 10.5 Å². The fourth-order valence-corrected chi connectivity index (χ4v) is 3.89. The standard InChI is InChI=1S/C16H23NO/c1-18-12-6-4-5-11(9-12)10-15(17)16-13-7-2-3-8-14(13)16/h4-6,9,13-16H,2-3,7-8,10,17H2,1H3. The van der Waals surface area contributed by atoms with Crippen molar-refractivity contribution < 1.29 is 4.74 Å². The van der Waals surface area contributed by atoms with Crippen molar-refractivity contribution in [2.75, 3.05) is 7.11 Å². The number of rotatable bonds is 4. The predicted octanol–water partition coefficient (Wildman–Crippen LogP) is 3.00. The van der Waals surface area contributed by atoms with Crippen LogP contribution in [0, 0.1) is 17.8 Å². The van der Waals surface area contributed by atoms with Gasteiger partial charge in [-0.3, -0.25) is 0 Å². The molecule has 2 N–H and O–H groups in total. The van der Waals surface area contributed by atoms with E-state index >= 15 is 0 Å². The fraction of sp³-hybridized carbons (Fsp3) is 0.625. The molecule has 0 aromatic heterocycles. The number of hydrogen-bond acceptors (Lipinski definition) is 2. The van der Waals surface area contributed by atoms with Gasteiger partial charge >= 0.3 is 0 Å². The van der Waals surface area contributed by atoms with Gasteiger partial charge in [-0.25, -0.2) is 0 Å². The lowest BCUT2D eigenvalue weighted by molar-refractivity contribution is 0.414. The van der Waals surface area contributed by atoms with Crippen molar-refractivity contribution >= 4 is 0 Å². The minimum absolute atomic E-state index is 0.338. The van der Waals surface area contributed by atoms with E-state index in [1.165, 1.54) is 31.2 Å². The highest BCUT2D eigenvalue weighted by Crippen LogP contribution is 2.56. The van der Waals surface area contributed by atoms with Gasteiger partial charge in [-0.05, 0) is 54.7 Å². The first-order valence-electron chi connectivity index (χ1n) is 7.18. The minimum atomic E-state index is 0.338. The molecular weight excluding hydrogens is 222 g/mol. The smallest absolute Gasteiger partial charge is 0.119 e. The zero-order valence-corrected chi connectivity index (χ0v) is 11.1. The van der Waals surface area contributed by atoms with Crippen LogP contribution in [-0.2, 0) is 6.42 Å². The molecule has 0 spiro atoms. The maximum absolute atomic E-state index is 6.42. The van der Waals surface area contributed by atoms with E-state index in [-0.39, 0.29) is 0 Å². The van der Waals surface area contributed by atoms with Crippen LogP contribution < -0.4 is 10.5 Å². The number of hydrogen-bond donors (Lipinski definition) is 1. The Hall–Kier alpha value is -1.02. The van der Waals surface area contributed by atoms with Crippen LogP contribution >= 0.6 is 0 Å². The summed E-state index contributed by atoms with van der Waals surface area (Å²) in [6.07, 6.45) is 6.67. The molecule has 2 aliphatic rings. The molecule has 2 fully saturated rings. The summed E-state index contributed by atoms with van der Waals surface area (Å²) in [4.78, 5) is 0. The highest BCUT2D eigenvalue weighted by molar-refractivity contribution is 5.29. The molecule has 2 heteroatoms. The van der Waals surface area contributed by atoms with Gasteiger partial charge in [-0.2, -0.15) is 0 Å². The monoisotopic (exact) mass is 245 g/mol. The van der Waals surface area contributed by atoms with E-state index in [1.807, 2.05) is 6.07 Å². The molecular formula is C16H23NO. The van der Waals surface area contributed by atoms with Crippen LogP contribution in [0.25, 0.3) is 0 Å².